The third kappa shape index (κ3) is 4.33. The average Bonchev–Trinajstić information content (AvgIpc) is 2.52. The molecule has 0 radical (unpaired) electrons. The third-order valence-electron chi connectivity index (χ3n) is 1.94. The number of thiazole rings is 1. The molecule has 100 valence electrons. The third-order valence-corrected chi connectivity index (χ3v) is 2.93. The van der Waals surface area contributed by atoms with Crippen molar-refractivity contribution in [3.63, 3.8) is 0 Å². The van der Waals surface area contributed by atoms with Gasteiger partial charge in [-0.2, -0.15) is 0 Å². The molecule has 0 atom stereocenters. The van der Waals surface area contributed by atoms with E-state index in [0.29, 0.717) is 15.7 Å². The topological polar surface area (TPSA) is 97.1 Å². The van der Waals surface area contributed by atoms with E-state index in [0.717, 1.165) is 11.3 Å². The molecule has 4 N–H and O–H groups in total. The van der Waals surface area contributed by atoms with Gasteiger partial charge in [-0.25, -0.2) is 4.98 Å². The summed E-state index contributed by atoms with van der Waals surface area (Å²) < 4.78 is 0. The minimum absolute atomic E-state index is 0.0622. The van der Waals surface area contributed by atoms with E-state index in [1.54, 1.807) is 6.92 Å². The van der Waals surface area contributed by atoms with Crippen molar-refractivity contribution in [2.24, 2.45) is 0 Å². The molecule has 1 aromatic heterocycles. The van der Waals surface area contributed by atoms with Gasteiger partial charge in [0, 0.05) is 5.54 Å². The van der Waals surface area contributed by atoms with Gasteiger partial charge in [-0.15, -0.1) is 0 Å². The predicted molar refractivity (Wildman–Crippen MR) is 71.5 cm³/mol. The maximum atomic E-state index is 11.8. The number of nitrogens with zero attached hydrogens (tertiary/aromatic N) is 1. The van der Waals surface area contributed by atoms with Crippen molar-refractivity contribution in [1.29, 1.82) is 0 Å². The summed E-state index contributed by atoms with van der Waals surface area (Å²) in [6.07, 6.45) is 0. The fourth-order valence-electron chi connectivity index (χ4n) is 1.33. The second kappa shape index (κ2) is 5.34. The molecule has 1 aromatic rings. The van der Waals surface area contributed by atoms with Crippen molar-refractivity contribution >= 4 is 28.3 Å². The van der Waals surface area contributed by atoms with Crippen molar-refractivity contribution < 1.29 is 9.59 Å². The van der Waals surface area contributed by atoms with E-state index in [9.17, 15) is 9.59 Å². The summed E-state index contributed by atoms with van der Waals surface area (Å²) in [6, 6.07) is 0. The molecule has 0 bridgehead atoms. The van der Waals surface area contributed by atoms with E-state index in [4.69, 9.17) is 5.73 Å². The number of nitrogen functional groups attached to an aromatic ring is 1. The zero-order valence-corrected chi connectivity index (χ0v) is 11.8. The molecule has 0 unspecified atom stereocenters. The monoisotopic (exact) mass is 270 g/mol. The Morgan fingerprint density at radius 2 is 2.00 bits per heavy atom. The minimum Gasteiger partial charge on any atom is -0.375 e. The zero-order valence-electron chi connectivity index (χ0n) is 11.0. The summed E-state index contributed by atoms with van der Waals surface area (Å²) in [5, 5.41) is 5.64. The van der Waals surface area contributed by atoms with Crippen molar-refractivity contribution in [2.45, 2.75) is 33.2 Å². The van der Waals surface area contributed by atoms with Crippen LogP contribution in [0.4, 0.5) is 5.13 Å². The molecule has 0 aliphatic heterocycles. The Morgan fingerprint density at radius 3 is 2.44 bits per heavy atom. The lowest BCUT2D eigenvalue weighted by Gasteiger charge is -2.20. The number of hydrogen-bond acceptors (Lipinski definition) is 5. The number of rotatable bonds is 3. The van der Waals surface area contributed by atoms with Crippen molar-refractivity contribution in [3.8, 4) is 0 Å². The van der Waals surface area contributed by atoms with Gasteiger partial charge in [0.05, 0.1) is 12.2 Å². The van der Waals surface area contributed by atoms with Gasteiger partial charge in [-0.1, -0.05) is 11.3 Å². The van der Waals surface area contributed by atoms with Gasteiger partial charge in [0.1, 0.15) is 4.88 Å². The minimum atomic E-state index is -0.328. The number of nitrogens with one attached hydrogen (secondary N) is 2. The number of anilines is 1. The second-order valence-electron chi connectivity index (χ2n) is 4.95. The Labute approximate surface area is 110 Å². The maximum Gasteiger partial charge on any atom is 0.263 e. The average molecular weight is 270 g/mol. The second-order valence-corrected chi connectivity index (χ2v) is 5.98. The molecule has 0 saturated carbocycles. The normalized spacial score (nSPS) is 11.1. The Kier molecular flexibility index (Phi) is 4.28. The Hall–Kier alpha value is -1.63. The van der Waals surface area contributed by atoms with Crippen molar-refractivity contribution in [1.82, 2.24) is 15.6 Å². The molecular weight excluding hydrogens is 252 g/mol. The Balaban J connectivity index is 2.52. The van der Waals surface area contributed by atoms with Crippen LogP contribution in [-0.4, -0.2) is 28.9 Å². The van der Waals surface area contributed by atoms with E-state index in [-0.39, 0.29) is 23.9 Å². The molecule has 0 aliphatic carbocycles. The molecule has 7 heteroatoms. The summed E-state index contributed by atoms with van der Waals surface area (Å²) in [5.74, 6) is -0.559. The smallest absolute Gasteiger partial charge is 0.263 e. The SMILES string of the molecule is Cc1nc(N)sc1C(=O)NCC(=O)NC(C)(C)C. The maximum absolute atomic E-state index is 11.8. The van der Waals surface area contributed by atoms with Crippen LogP contribution in [0.15, 0.2) is 0 Å². The number of hydrogen-bond donors (Lipinski definition) is 3. The van der Waals surface area contributed by atoms with Crippen LogP contribution in [0.25, 0.3) is 0 Å². The molecule has 0 spiro atoms. The lowest BCUT2D eigenvalue weighted by molar-refractivity contribution is -0.121. The van der Waals surface area contributed by atoms with Crippen molar-refractivity contribution in [3.05, 3.63) is 10.6 Å². The molecule has 18 heavy (non-hydrogen) atoms. The molecule has 1 heterocycles. The molecular formula is C11H18N4O2S. The first kappa shape index (κ1) is 14.4. The number of aryl methyl sites for hydroxylation is 1. The van der Waals surface area contributed by atoms with Gasteiger partial charge in [0.25, 0.3) is 5.91 Å². The highest BCUT2D eigenvalue weighted by Crippen LogP contribution is 2.19. The lowest BCUT2D eigenvalue weighted by atomic mass is 10.1. The van der Waals surface area contributed by atoms with Crippen LogP contribution < -0.4 is 16.4 Å². The van der Waals surface area contributed by atoms with E-state index in [1.165, 1.54) is 0 Å². The predicted octanol–water partition coefficient (Wildman–Crippen LogP) is 0.678. The number of carbonyl (C=O) groups is 2. The lowest BCUT2D eigenvalue weighted by Crippen LogP contribution is -2.45. The first-order chi connectivity index (χ1) is 8.19. The first-order valence-corrected chi connectivity index (χ1v) is 6.33. The largest absolute Gasteiger partial charge is 0.375 e. The van der Waals surface area contributed by atoms with Gasteiger partial charge in [-0.05, 0) is 27.7 Å². The fourth-order valence-corrected chi connectivity index (χ4v) is 2.08. The highest BCUT2D eigenvalue weighted by atomic mass is 32.1. The van der Waals surface area contributed by atoms with Gasteiger partial charge in [-0.3, -0.25) is 9.59 Å². The van der Waals surface area contributed by atoms with Crippen LogP contribution in [0.5, 0.6) is 0 Å². The number of carbonyl (C=O) groups excluding carboxylic acids is 2. The Morgan fingerprint density at radius 1 is 1.39 bits per heavy atom. The molecule has 1 rings (SSSR count). The molecule has 0 aliphatic rings. The summed E-state index contributed by atoms with van der Waals surface area (Å²) in [6.45, 7) is 7.27. The highest BCUT2D eigenvalue weighted by Gasteiger charge is 2.17. The van der Waals surface area contributed by atoms with Gasteiger partial charge in [0.2, 0.25) is 5.91 Å². The summed E-state index contributed by atoms with van der Waals surface area (Å²) >= 11 is 1.11. The van der Waals surface area contributed by atoms with Crippen LogP contribution in [0.2, 0.25) is 0 Å². The molecule has 0 fully saturated rings. The van der Waals surface area contributed by atoms with Crippen LogP contribution in [0, 0.1) is 6.92 Å². The van der Waals surface area contributed by atoms with Gasteiger partial charge in [0.15, 0.2) is 5.13 Å². The van der Waals surface area contributed by atoms with E-state index in [2.05, 4.69) is 15.6 Å². The van der Waals surface area contributed by atoms with E-state index < -0.39 is 0 Å². The quantitative estimate of drug-likeness (QED) is 0.752. The molecule has 6 nitrogen and oxygen atoms in total. The van der Waals surface area contributed by atoms with Crippen LogP contribution in [0.1, 0.15) is 36.1 Å². The van der Waals surface area contributed by atoms with Crippen molar-refractivity contribution in [2.75, 3.05) is 12.3 Å². The summed E-state index contributed by atoms with van der Waals surface area (Å²) in [5.41, 5.74) is 5.77. The van der Waals surface area contributed by atoms with E-state index >= 15 is 0 Å². The Bertz CT molecular complexity index is 462. The standard InChI is InChI=1S/C11H18N4O2S/c1-6-8(18-10(12)14-6)9(17)13-5-7(16)15-11(2,3)4/h5H2,1-4H3,(H2,12,14)(H,13,17)(H,15,16). The number of aromatic nitrogens is 1. The summed E-state index contributed by atoms with van der Waals surface area (Å²) in [4.78, 5) is 27.7. The van der Waals surface area contributed by atoms with E-state index in [1.807, 2.05) is 20.8 Å². The van der Waals surface area contributed by atoms with Crippen LogP contribution >= 0.6 is 11.3 Å². The van der Waals surface area contributed by atoms with Gasteiger partial charge >= 0.3 is 0 Å². The zero-order chi connectivity index (χ0) is 13.9. The van der Waals surface area contributed by atoms with Gasteiger partial charge < -0.3 is 16.4 Å². The first-order valence-electron chi connectivity index (χ1n) is 5.51. The number of nitrogens with two attached hydrogens (primary N) is 1. The highest BCUT2D eigenvalue weighted by molar-refractivity contribution is 7.17. The summed E-state index contributed by atoms with van der Waals surface area (Å²) in [7, 11) is 0. The molecule has 0 aromatic carbocycles. The number of amides is 2. The van der Waals surface area contributed by atoms with Crippen LogP contribution in [-0.2, 0) is 4.79 Å². The molecule has 0 saturated heterocycles. The van der Waals surface area contributed by atoms with Crippen LogP contribution in [0.3, 0.4) is 0 Å². The fraction of sp³-hybridized carbons (Fsp3) is 0.545. The molecule has 2 amide bonds.